The number of allylic oxidation sites excluding steroid dienone is 3. The van der Waals surface area contributed by atoms with Crippen molar-refractivity contribution in [2.24, 2.45) is 11.8 Å². The smallest absolute Gasteiger partial charge is 0.328 e. The summed E-state index contributed by atoms with van der Waals surface area (Å²) in [5, 5.41) is 20.8. The summed E-state index contributed by atoms with van der Waals surface area (Å²) in [5.74, 6) is -0.196. The third-order valence-electron chi connectivity index (χ3n) is 6.91. The zero-order valence-electron chi connectivity index (χ0n) is 20.3. The predicted octanol–water partition coefficient (Wildman–Crippen LogP) is 7.95. The third kappa shape index (κ3) is 5.21. The molecular weight excluding hydrogens is 450 g/mol. The van der Waals surface area contributed by atoms with E-state index in [0.29, 0.717) is 11.8 Å². The molecule has 0 radical (unpaired) electrons. The van der Waals surface area contributed by atoms with E-state index < -0.39 is 5.97 Å². The molecule has 35 heavy (non-hydrogen) atoms. The van der Waals surface area contributed by atoms with Gasteiger partial charge in [-0.25, -0.2) is 4.79 Å². The topological polar surface area (TPSA) is 61.1 Å². The Morgan fingerprint density at radius 3 is 2.57 bits per heavy atom. The van der Waals surface area contributed by atoms with Crippen molar-refractivity contribution in [3.63, 3.8) is 0 Å². The van der Waals surface area contributed by atoms with Crippen molar-refractivity contribution < 1.29 is 9.90 Å². The quantitative estimate of drug-likeness (QED) is 0.365. The van der Waals surface area contributed by atoms with Crippen LogP contribution in [0.2, 0.25) is 0 Å². The van der Waals surface area contributed by atoms with Crippen LogP contribution in [-0.2, 0) is 11.2 Å². The van der Waals surface area contributed by atoms with E-state index in [4.69, 9.17) is 5.11 Å². The van der Waals surface area contributed by atoms with E-state index in [9.17, 15) is 10.1 Å². The summed E-state index contributed by atoms with van der Waals surface area (Å²) in [4.78, 5) is 11.7. The van der Waals surface area contributed by atoms with Gasteiger partial charge in [-0.05, 0) is 81.2 Å². The molecule has 1 heterocycles. The second-order valence-corrected chi connectivity index (χ2v) is 9.96. The summed E-state index contributed by atoms with van der Waals surface area (Å²) in [6, 6.07) is 21.1. The Bertz CT molecular complexity index is 1370. The van der Waals surface area contributed by atoms with Crippen LogP contribution in [0, 0.1) is 23.2 Å². The maximum absolute atomic E-state index is 10.9. The Labute approximate surface area is 211 Å². The van der Waals surface area contributed by atoms with E-state index >= 15 is 0 Å². The minimum atomic E-state index is -0.963. The van der Waals surface area contributed by atoms with Gasteiger partial charge in [0.2, 0.25) is 0 Å². The normalized spacial score (nSPS) is 18.3. The van der Waals surface area contributed by atoms with Crippen LogP contribution >= 0.6 is 11.3 Å². The molecule has 2 atom stereocenters. The molecule has 2 aromatic carbocycles. The van der Waals surface area contributed by atoms with Crippen molar-refractivity contribution in [3.05, 3.63) is 104 Å². The Balaban J connectivity index is 1.98. The van der Waals surface area contributed by atoms with Crippen molar-refractivity contribution in [1.29, 1.82) is 5.26 Å². The second-order valence-electron chi connectivity index (χ2n) is 9.04. The van der Waals surface area contributed by atoms with Gasteiger partial charge in [-0.1, -0.05) is 75.4 Å². The number of thiophene rings is 1. The van der Waals surface area contributed by atoms with Crippen molar-refractivity contribution in [2.45, 2.75) is 33.6 Å². The first-order valence-corrected chi connectivity index (χ1v) is 12.8. The van der Waals surface area contributed by atoms with E-state index in [1.807, 2.05) is 17.5 Å². The summed E-state index contributed by atoms with van der Waals surface area (Å²) in [6.45, 7) is 6.77. The molecule has 0 saturated heterocycles. The number of carboxylic acid groups (broad SMARTS) is 1. The van der Waals surface area contributed by atoms with E-state index in [-0.39, 0.29) is 0 Å². The Kier molecular flexibility index (Phi) is 7.48. The maximum Gasteiger partial charge on any atom is 0.328 e. The van der Waals surface area contributed by atoms with Gasteiger partial charge in [0.05, 0.1) is 0 Å². The molecule has 0 bridgehead atoms. The Morgan fingerprint density at radius 1 is 1.14 bits per heavy atom. The molecule has 3 aromatic rings. The van der Waals surface area contributed by atoms with Gasteiger partial charge >= 0.3 is 5.97 Å². The van der Waals surface area contributed by atoms with Gasteiger partial charge < -0.3 is 5.11 Å². The molecule has 1 unspecified atom stereocenters. The lowest BCUT2D eigenvalue weighted by atomic mass is 9.78. The van der Waals surface area contributed by atoms with Crippen molar-refractivity contribution in [2.75, 3.05) is 0 Å². The average Bonchev–Trinajstić information content (AvgIpc) is 3.29. The zero-order chi connectivity index (χ0) is 24.9. The minimum Gasteiger partial charge on any atom is -0.478 e. The lowest BCUT2D eigenvalue weighted by Gasteiger charge is -2.26. The predicted molar refractivity (Wildman–Crippen MR) is 146 cm³/mol. The molecule has 0 spiro atoms. The number of hydrogen-bond donors (Lipinski definition) is 1. The summed E-state index contributed by atoms with van der Waals surface area (Å²) in [5.41, 5.74) is 9.15. The summed E-state index contributed by atoms with van der Waals surface area (Å²) in [7, 11) is 0. The van der Waals surface area contributed by atoms with E-state index in [1.54, 1.807) is 6.08 Å². The SMILES string of the molecule is CC/C(=C(\C1=Cc2ccccc2C[C@@H](C)C1C)c1ccc(/C=C/C(=O)O)cc1)c1ccsc1C#N. The summed E-state index contributed by atoms with van der Waals surface area (Å²) < 4.78 is 0. The Hall–Kier alpha value is -3.68. The van der Waals surface area contributed by atoms with Crippen LogP contribution in [0.25, 0.3) is 23.3 Å². The van der Waals surface area contributed by atoms with Gasteiger partial charge in [0.1, 0.15) is 10.9 Å². The van der Waals surface area contributed by atoms with Crippen LogP contribution in [-0.4, -0.2) is 11.1 Å². The van der Waals surface area contributed by atoms with Gasteiger partial charge in [-0.15, -0.1) is 11.3 Å². The zero-order valence-corrected chi connectivity index (χ0v) is 21.1. The monoisotopic (exact) mass is 479 g/mol. The van der Waals surface area contributed by atoms with Gasteiger partial charge in [0, 0.05) is 11.6 Å². The highest BCUT2D eigenvalue weighted by atomic mass is 32.1. The lowest BCUT2D eigenvalue weighted by Crippen LogP contribution is -2.13. The molecule has 0 saturated carbocycles. The third-order valence-corrected chi connectivity index (χ3v) is 7.72. The van der Waals surface area contributed by atoms with Crippen molar-refractivity contribution >= 4 is 40.6 Å². The number of carboxylic acids is 1. The van der Waals surface area contributed by atoms with Crippen molar-refractivity contribution in [1.82, 2.24) is 0 Å². The number of nitriles is 1. The fourth-order valence-electron chi connectivity index (χ4n) is 4.87. The molecule has 1 N–H and O–H groups in total. The molecule has 4 rings (SSSR count). The number of carbonyl (C=O) groups is 1. The summed E-state index contributed by atoms with van der Waals surface area (Å²) in [6.07, 6.45) is 6.91. The first-order valence-electron chi connectivity index (χ1n) is 11.9. The van der Waals surface area contributed by atoms with Crippen LogP contribution in [0.4, 0.5) is 0 Å². The molecule has 0 amide bonds. The largest absolute Gasteiger partial charge is 0.478 e. The molecular formula is C31H29NO2S. The average molecular weight is 480 g/mol. The molecule has 1 aromatic heterocycles. The van der Waals surface area contributed by atoms with Gasteiger partial charge in [-0.3, -0.25) is 0 Å². The van der Waals surface area contributed by atoms with E-state index in [1.165, 1.54) is 39.2 Å². The molecule has 0 fully saturated rings. The first kappa shape index (κ1) is 24.4. The highest BCUT2D eigenvalue weighted by Gasteiger charge is 2.27. The first-order chi connectivity index (χ1) is 16.9. The molecule has 176 valence electrons. The van der Waals surface area contributed by atoms with E-state index in [0.717, 1.165) is 40.5 Å². The highest BCUT2D eigenvalue weighted by molar-refractivity contribution is 7.10. The number of rotatable bonds is 6. The lowest BCUT2D eigenvalue weighted by molar-refractivity contribution is -0.131. The van der Waals surface area contributed by atoms with Crippen LogP contribution in [0.1, 0.15) is 59.9 Å². The van der Waals surface area contributed by atoms with Gasteiger partial charge in [0.15, 0.2) is 0 Å². The van der Waals surface area contributed by atoms with Gasteiger partial charge in [0.25, 0.3) is 0 Å². The van der Waals surface area contributed by atoms with E-state index in [2.05, 4.69) is 75.4 Å². The van der Waals surface area contributed by atoms with Crippen LogP contribution in [0.15, 0.2) is 71.6 Å². The summed E-state index contributed by atoms with van der Waals surface area (Å²) >= 11 is 1.48. The standard InChI is InChI=1S/C31H29NO2S/c1-4-26(27-15-16-35-29(27)19-32)31(23-12-9-22(10-13-23)11-14-30(33)34)28-18-25-8-6-5-7-24(25)17-20(2)21(28)3/h5-16,18,20-21H,4,17H2,1-3H3,(H,33,34)/b14-11+,31-26+/t20-,21?/m1/s1. The van der Waals surface area contributed by atoms with Crippen molar-refractivity contribution in [3.8, 4) is 6.07 Å². The Morgan fingerprint density at radius 2 is 1.89 bits per heavy atom. The minimum absolute atomic E-state index is 0.315. The number of aliphatic carboxylic acids is 1. The van der Waals surface area contributed by atoms with Crippen LogP contribution < -0.4 is 0 Å². The van der Waals surface area contributed by atoms with Crippen LogP contribution in [0.5, 0.6) is 0 Å². The second kappa shape index (κ2) is 10.7. The number of nitrogens with zero attached hydrogens (tertiary/aromatic N) is 1. The number of hydrogen-bond acceptors (Lipinski definition) is 3. The molecule has 1 aliphatic carbocycles. The molecule has 0 aliphatic heterocycles. The molecule has 1 aliphatic rings. The molecule has 3 nitrogen and oxygen atoms in total. The fourth-order valence-corrected chi connectivity index (χ4v) is 5.58. The van der Waals surface area contributed by atoms with Gasteiger partial charge in [-0.2, -0.15) is 5.26 Å². The molecule has 4 heteroatoms. The fraction of sp³-hybridized carbons (Fsp3) is 0.226. The highest BCUT2D eigenvalue weighted by Crippen LogP contribution is 2.44. The maximum atomic E-state index is 10.9. The number of fused-ring (bicyclic) bond motifs is 1. The number of benzene rings is 2. The van der Waals surface area contributed by atoms with Crippen LogP contribution in [0.3, 0.4) is 0 Å².